The van der Waals surface area contributed by atoms with Gasteiger partial charge in [-0.15, -0.1) is 0 Å². The molecular formula is C17H21ClN4O. The molecule has 2 aromatic rings. The van der Waals surface area contributed by atoms with Crippen molar-refractivity contribution in [1.82, 2.24) is 20.4 Å². The molecule has 122 valence electrons. The van der Waals surface area contributed by atoms with E-state index in [2.05, 4.69) is 15.7 Å². The van der Waals surface area contributed by atoms with Gasteiger partial charge in [0, 0.05) is 29.9 Å². The number of urea groups is 1. The minimum atomic E-state index is -0.131. The van der Waals surface area contributed by atoms with Crippen molar-refractivity contribution in [3.05, 3.63) is 52.3 Å². The van der Waals surface area contributed by atoms with Crippen LogP contribution < -0.4 is 10.6 Å². The van der Waals surface area contributed by atoms with Crippen LogP contribution in [0.1, 0.15) is 35.7 Å². The highest BCUT2D eigenvalue weighted by Crippen LogP contribution is 2.28. The molecule has 1 atom stereocenters. The minimum absolute atomic E-state index is 0.0543. The van der Waals surface area contributed by atoms with Gasteiger partial charge in [-0.05, 0) is 43.4 Å². The maximum absolute atomic E-state index is 12.1. The van der Waals surface area contributed by atoms with E-state index in [9.17, 15) is 4.79 Å². The molecule has 2 N–H and O–H groups in total. The van der Waals surface area contributed by atoms with E-state index in [1.54, 1.807) is 0 Å². The van der Waals surface area contributed by atoms with Crippen LogP contribution in [-0.4, -0.2) is 22.4 Å². The summed E-state index contributed by atoms with van der Waals surface area (Å²) in [6, 6.07) is 7.62. The molecule has 1 aromatic carbocycles. The normalized spacial score (nSPS) is 16.7. The van der Waals surface area contributed by atoms with Crippen molar-refractivity contribution in [3.63, 3.8) is 0 Å². The molecule has 3 rings (SSSR count). The van der Waals surface area contributed by atoms with E-state index < -0.39 is 0 Å². The molecule has 1 unspecified atom stereocenters. The smallest absolute Gasteiger partial charge is 0.315 e. The molecule has 0 bridgehead atoms. The molecule has 0 fully saturated rings. The number of hydrogen-bond acceptors (Lipinski definition) is 2. The number of nitrogens with one attached hydrogen (secondary N) is 2. The summed E-state index contributed by atoms with van der Waals surface area (Å²) in [5.41, 5.74) is 3.48. The van der Waals surface area contributed by atoms with Crippen LogP contribution in [0, 0.1) is 0 Å². The first-order valence-corrected chi connectivity index (χ1v) is 8.31. The lowest BCUT2D eigenvalue weighted by Gasteiger charge is -2.24. The number of aryl methyl sites for hydroxylation is 1. The molecule has 0 aliphatic heterocycles. The third kappa shape index (κ3) is 3.85. The summed E-state index contributed by atoms with van der Waals surface area (Å²) in [5, 5.41) is 11.0. The maximum atomic E-state index is 12.1. The highest BCUT2D eigenvalue weighted by molar-refractivity contribution is 6.30. The molecule has 5 nitrogen and oxygen atoms in total. The Morgan fingerprint density at radius 3 is 3.17 bits per heavy atom. The van der Waals surface area contributed by atoms with E-state index in [1.807, 2.05) is 42.2 Å². The van der Waals surface area contributed by atoms with Crippen LogP contribution in [0.2, 0.25) is 5.02 Å². The predicted octanol–water partition coefficient (Wildman–Crippen LogP) is 2.99. The number of benzene rings is 1. The third-order valence-electron chi connectivity index (χ3n) is 4.27. The zero-order chi connectivity index (χ0) is 16.2. The molecule has 0 spiro atoms. The van der Waals surface area contributed by atoms with Crippen molar-refractivity contribution in [2.45, 2.75) is 31.7 Å². The van der Waals surface area contributed by atoms with E-state index >= 15 is 0 Å². The van der Waals surface area contributed by atoms with E-state index in [0.717, 1.165) is 41.8 Å². The molecule has 2 amide bonds. The van der Waals surface area contributed by atoms with Gasteiger partial charge >= 0.3 is 6.03 Å². The fraction of sp³-hybridized carbons (Fsp3) is 0.412. The summed E-state index contributed by atoms with van der Waals surface area (Å²) in [4.78, 5) is 12.1. The lowest BCUT2D eigenvalue weighted by atomic mass is 9.93. The number of carbonyl (C=O) groups is 1. The first-order valence-electron chi connectivity index (χ1n) is 7.93. The monoisotopic (exact) mass is 332 g/mol. The number of fused-ring (bicyclic) bond motifs is 1. The first-order chi connectivity index (χ1) is 11.1. The second kappa shape index (κ2) is 7.04. The third-order valence-corrected chi connectivity index (χ3v) is 4.50. The molecule has 0 saturated carbocycles. The number of nitrogens with zero attached hydrogens (tertiary/aromatic N) is 2. The Balaban J connectivity index is 1.50. The quantitative estimate of drug-likeness (QED) is 0.904. The molecule has 1 aliphatic rings. The maximum Gasteiger partial charge on any atom is 0.315 e. The van der Waals surface area contributed by atoms with Crippen LogP contribution in [-0.2, 0) is 19.9 Å². The van der Waals surface area contributed by atoms with Gasteiger partial charge in [-0.1, -0.05) is 23.7 Å². The van der Waals surface area contributed by atoms with Gasteiger partial charge in [0.1, 0.15) is 0 Å². The second-order valence-corrected chi connectivity index (χ2v) is 6.33. The van der Waals surface area contributed by atoms with Crippen molar-refractivity contribution in [3.8, 4) is 0 Å². The number of hydrogen-bond donors (Lipinski definition) is 2. The SMILES string of the molecule is Cn1ncc2c1CCCC2NC(=O)NCCc1cccc(Cl)c1. The predicted molar refractivity (Wildman–Crippen MR) is 90.6 cm³/mol. The average molecular weight is 333 g/mol. The summed E-state index contributed by atoms with van der Waals surface area (Å²) in [7, 11) is 1.95. The standard InChI is InChI=1S/C17H21ClN4O/c1-22-16-7-3-6-15(14(16)11-20-22)21-17(23)19-9-8-12-4-2-5-13(18)10-12/h2,4-5,10-11,15H,3,6-9H2,1H3,(H2,19,21,23). The van der Waals surface area contributed by atoms with Crippen molar-refractivity contribution < 1.29 is 4.79 Å². The van der Waals surface area contributed by atoms with Gasteiger partial charge < -0.3 is 10.6 Å². The molecule has 1 aliphatic carbocycles. The average Bonchev–Trinajstić information content (AvgIpc) is 2.90. The molecule has 23 heavy (non-hydrogen) atoms. The number of halogens is 1. The summed E-state index contributed by atoms with van der Waals surface area (Å²) < 4.78 is 1.90. The highest BCUT2D eigenvalue weighted by atomic mass is 35.5. The van der Waals surface area contributed by atoms with Crippen LogP contribution >= 0.6 is 11.6 Å². The van der Waals surface area contributed by atoms with E-state index in [1.165, 1.54) is 5.69 Å². The van der Waals surface area contributed by atoms with Gasteiger partial charge in [0.25, 0.3) is 0 Å². The van der Waals surface area contributed by atoms with Gasteiger partial charge in [-0.2, -0.15) is 5.10 Å². The van der Waals surface area contributed by atoms with Gasteiger partial charge in [0.15, 0.2) is 0 Å². The largest absolute Gasteiger partial charge is 0.338 e. The Morgan fingerprint density at radius 2 is 2.35 bits per heavy atom. The second-order valence-electron chi connectivity index (χ2n) is 5.90. The van der Waals surface area contributed by atoms with E-state index in [0.29, 0.717) is 6.54 Å². The van der Waals surface area contributed by atoms with E-state index in [4.69, 9.17) is 11.6 Å². The zero-order valence-corrected chi connectivity index (χ0v) is 13.9. The van der Waals surface area contributed by atoms with Crippen molar-refractivity contribution in [2.75, 3.05) is 6.54 Å². The van der Waals surface area contributed by atoms with Crippen LogP contribution in [0.3, 0.4) is 0 Å². The summed E-state index contributed by atoms with van der Waals surface area (Å²) >= 11 is 5.96. The van der Waals surface area contributed by atoms with Crippen LogP contribution in [0.25, 0.3) is 0 Å². The Kier molecular flexibility index (Phi) is 4.86. The topological polar surface area (TPSA) is 59.0 Å². The Hall–Kier alpha value is -2.01. The van der Waals surface area contributed by atoms with Gasteiger partial charge in [-0.25, -0.2) is 4.79 Å². The number of aromatic nitrogens is 2. The molecule has 1 heterocycles. The Bertz CT molecular complexity index is 698. The molecule has 0 radical (unpaired) electrons. The van der Waals surface area contributed by atoms with Gasteiger partial charge in [-0.3, -0.25) is 4.68 Å². The number of carbonyl (C=O) groups excluding carboxylic acids is 1. The van der Waals surface area contributed by atoms with Crippen LogP contribution in [0.15, 0.2) is 30.5 Å². The zero-order valence-electron chi connectivity index (χ0n) is 13.2. The van der Waals surface area contributed by atoms with Gasteiger partial charge in [0.05, 0.1) is 12.2 Å². The first kappa shape index (κ1) is 15.9. The van der Waals surface area contributed by atoms with Crippen molar-refractivity contribution >= 4 is 17.6 Å². The number of amides is 2. The Labute approximate surface area is 141 Å². The number of rotatable bonds is 4. The summed E-state index contributed by atoms with van der Waals surface area (Å²) in [6.45, 7) is 0.582. The Morgan fingerprint density at radius 1 is 1.48 bits per heavy atom. The van der Waals surface area contributed by atoms with Crippen molar-refractivity contribution in [2.24, 2.45) is 7.05 Å². The minimum Gasteiger partial charge on any atom is -0.338 e. The molecule has 0 saturated heterocycles. The van der Waals surface area contributed by atoms with E-state index in [-0.39, 0.29) is 12.1 Å². The fourth-order valence-electron chi connectivity index (χ4n) is 3.08. The molecular weight excluding hydrogens is 312 g/mol. The van der Waals surface area contributed by atoms with Crippen LogP contribution in [0.5, 0.6) is 0 Å². The molecule has 6 heteroatoms. The molecule has 1 aromatic heterocycles. The lowest BCUT2D eigenvalue weighted by molar-refractivity contribution is 0.235. The summed E-state index contributed by atoms with van der Waals surface area (Å²) in [5.74, 6) is 0. The van der Waals surface area contributed by atoms with Crippen molar-refractivity contribution in [1.29, 1.82) is 0 Å². The highest BCUT2D eigenvalue weighted by Gasteiger charge is 2.24. The lowest BCUT2D eigenvalue weighted by Crippen LogP contribution is -2.39. The fourth-order valence-corrected chi connectivity index (χ4v) is 3.29. The summed E-state index contributed by atoms with van der Waals surface area (Å²) in [6.07, 6.45) is 5.68. The van der Waals surface area contributed by atoms with Gasteiger partial charge in [0.2, 0.25) is 0 Å². The van der Waals surface area contributed by atoms with Crippen LogP contribution in [0.4, 0.5) is 4.79 Å².